The van der Waals surface area contributed by atoms with E-state index in [4.69, 9.17) is 43.8 Å². The van der Waals surface area contributed by atoms with Gasteiger partial charge in [-0.3, -0.25) is 14.1 Å². The number of fused-ring (bicyclic) bond motifs is 4. The minimum Gasteiger partial charge on any atom is -0.450 e. The lowest BCUT2D eigenvalue weighted by Crippen LogP contribution is -2.18. The van der Waals surface area contributed by atoms with Crippen LogP contribution in [0.25, 0.3) is 22.6 Å². The Kier molecular flexibility index (Phi) is 6.42. The number of benzene rings is 3. The lowest BCUT2D eigenvalue weighted by atomic mass is 10.1. The van der Waals surface area contributed by atoms with Gasteiger partial charge in [0.2, 0.25) is 0 Å². The van der Waals surface area contributed by atoms with Crippen LogP contribution in [0.5, 0.6) is 11.5 Å². The van der Waals surface area contributed by atoms with Crippen LogP contribution in [0.15, 0.2) is 43.5 Å². The predicted molar refractivity (Wildman–Crippen MR) is 139 cm³/mol. The maximum atomic E-state index is 12.3. The molecule has 0 fully saturated rings. The Morgan fingerprint density at radius 1 is 1.00 bits per heavy atom. The molecule has 0 atom stereocenters. The number of ether oxygens (including phenoxy) is 1. The van der Waals surface area contributed by atoms with Gasteiger partial charge in [-0.15, -0.1) is 0 Å². The molecule has 3 aliphatic rings. The maximum absolute atomic E-state index is 12.3. The molecular weight excluding hydrogens is 585 g/mol. The molecule has 0 unspecified atom stereocenters. The summed E-state index contributed by atoms with van der Waals surface area (Å²) < 4.78 is 79.8. The summed E-state index contributed by atoms with van der Waals surface area (Å²) >= 11 is 13.2. The highest BCUT2D eigenvalue weighted by atomic mass is 35.5. The second kappa shape index (κ2) is 9.23. The number of anilines is 3. The number of nitrogens with two attached hydrogens (primary N) is 2. The summed E-state index contributed by atoms with van der Waals surface area (Å²) in [7, 11) is -9.64. The average molecular weight is 602 g/mol. The Hall–Kier alpha value is -3.18. The molecular formula is C21H17Cl2N5O8S2. The number of hydrogen-bond donors (Lipinski definition) is 5. The zero-order valence-electron chi connectivity index (χ0n) is 18.9. The molecule has 38 heavy (non-hydrogen) atoms. The smallest absolute Gasteiger partial charge is 0.300 e. The molecule has 2 heterocycles. The molecule has 2 aliphatic heterocycles. The monoisotopic (exact) mass is 601 g/mol. The molecule has 200 valence electrons. The molecule has 1 aliphatic carbocycles. The van der Waals surface area contributed by atoms with Gasteiger partial charge in [0.25, 0.3) is 10.1 Å². The number of halogens is 2. The van der Waals surface area contributed by atoms with Gasteiger partial charge in [0.05, 0.1) is 16.7 Å². The SMILES string of the molecule is NCCCN=c1ccc2nc3c(Cl)c4c(c(Cl)c3oc-2c1S(=O)(=O)O)Nc1ccc(N)c(S(=O)(=O)O)c1O4. The van der Waals surface area contributed by atoms with Crippen LogP contribution in [0, 0.1) is 0 Å². The Morgan fingerprint density at radius 2 is 1.71 bits per heavy atom. The normalized spacial score (nSPS) is 13.8. The summed E-state index contributed by atoms with van der Waals surface area (Å²) in [5, 5.41) is 2.46. The van der Waals surface area contributed by atoms with Crippen LogP contribution in [0.1, 0.15) is 6.42 Å². The van der Waals surface area contributed by atoms with Crippen molar-refractivity contribution in [2.75, 3.05) is 24.1 Å². The van der Waals surface area contributed by atoms with Gasteiger partial charge in [-0.1, -0.05) is 23.2 Å². The zero-order valence-corrected chi connectivity index (χ0v) is 22.0. The van der Waals surface area contributed by atoms with Crippen LogP contribution in [0.2, 0.25) is 10.0 Å². The fourth-order valence-electron chi connectivity index (χ4n) is 3.93. The maximum Gasteiger partial charge on any atom is 0.300 e. The first-order chi connectivity index (χ1) is 17.8. The van der Waals surface area contributed by atoms with E-state index < -0.39 is 30.0 Å². The summed E-state index contributed by atoms with van der Waals surface area (Å²) in [6.45, 7) is 0.521. The summed E-state index contributed by atoms with van der Waals surface area (Å²) in [6, 6.07) is 5.36. The van der Waals surface area contributed by atoms with E-state index in [1.165, 1.54) is 24.3 Å². The van der Waals surface area contributed by atoms with E-state index in [9.17, 15) is 25.9 Å². The highest BCUT2D eigenvalue weighted by molar-refractivity contribution is 7.86. The van der Waals surface area contributed by atoms with Crippen molar-refractivity contribution < 1.29 is 35.1 Å². The Morgan fingerprint density at radius 3 is 2.37 bits per heavy atom. The molecule has 13 nitrogen and oxygen atoms in total. The van der Waals surface area contributed by atoms with Crippen molar-refractivity contribution in [2.45, 2.75) is 16.2 Å². The minimum atomic E-state index is -4.84. The Bertz CT molecular complexity index is 1910. The lowest BCUT2D eigenvalue weighted by molar-refractivity contribution is 0.450. The first-order valence-corrected chi connectivity index (χ1v) is 14.3. The van der Waals surface area contributed by atoms with E-state index in [1.807, 2.05) is 0 Å². The van der Waals surface area contributed by atoms with Crippen molar-refractivity contribution in [1.82, 2.24) is 4.98 Å². The van der Waals surface area contributed by atoms with Crippen molar-refractivity contribution in [1.29, 1.82) is 0 Å². The van der Waals surface area contributed by atoms with Crippen LogP contribution >= 0.6 is 23.2 Å². The molecule has 2 aromatic rings. The number of hydrogen-bond acceptors (Lipinski definition) is 11. The highest BCUT2D eigenvalue weighted by Gasteiger charge is 2.34. The Balaban J connectivity index is 1.81. The van der Waals surface area contributed by atoms with E-state index in [-0.39, 0.29) is 73.1 Å². The zero-order chi connectivity index (χ0) is 27.6. The topological polar surface area (TPSA) is 220 Å². The number of aromatic nitrogens is 1. The van der Waals surface area contributed by atoms with E-state index in [1.54, 1.807) is 0 Å². The van der Waals surface area contributed by atoms with Crippen LogP contribution in [-0.2, 0) is 20.2 Å². The molecule has 0 amide bonds. The van der Waals surface area contributed by atoms with Gasteiger partial charge < -0.3 is 25.9 Å². The van der Waals surface area contributed by atoms with Crippen molar-refractivity contribution in [3.8, 4) is 23.0 Å². The van der Waals surface area contributed by atoms with Crippen molar-refractivity contribution in [3.05, 3.63) is 39.7 Å². The van der Waals surface area contributed by atoms with E-state index >= 15 is 0 Å². The third-order valence-electron chi connectivity index (χ3n) is 5.54. The van der Waals surface area contributed by atoms with Crippen LogP contribution in [0.3, 0.4) is 0 Å². The van der Waals surface area contributed by atoms with Crippen molar-refractivity contribution in [3.63, 3.8) is 0 Å². The average Bonchev–Trinajstić information content (AvgIpc) is 2.84. The van der Waals surface area contributed by atoms with Gasteiger partial charge in [0, 0.05) is 6.54 Å². The molecule has 5 rings (SSSR count). The third-order valence-corrected chi connectivity index (χ3v) is 8.10. The van der Waals surface area contributed by atoms with Crippen LogP contribution in [-0.4, -0.2) is 44.0 Å². The van der Waals surface area contributed by atoms with Crippen LogP contribution < -0.4 is 26.9 Å². The molecule has 0 saturated carbocycles. The molecule has 0 spiro atoms. The second-order valence-electron chi connectivity index (χ2n) is 8.05. The van der Waals surface area contributed by atoms with Crippen LogP contribution in [0.4, 0.5) is 17.1 Å². The van der Waals surface area contributed by atoms with Gasteiger partial charge in [0.15, 0.2) is 32.6 Å². The summed E-state index contributed by atoms with van der Waals surface area (Å²) in [4.78, 5) is 7.24. The van der Waals surface area contributed by atoms with E-state index in [0.29, 0.717) is 13.0 Å². The molecule has 0 saturated heterocycles. The van der Waals surface area contributed by atoms with Gasteiger partial charge >= 0.3 is 10.1 Å². The molecule has 17 heteroatoms. The number of nitrogens with zero attached hydrogens (tertiary/aromatic N) is 2. The van der Waals surface area contributed by atoms with Gasteiger partial charge in [-0.05, 0) is 37.2 Å². The first-order valence-electron chi connectivity index (χ1n) is 10.6. The second-order valence-corrected chi connectivity index (χ2v) is 11.5. The van der Waals surface area contributed by atoms with Crippen molar-refractivity contribution in [2.24, 2.45) is 10.7 Å². The van der Waals surface area contributed by atoms with E-state index in [0.717, 1.165) is 0 Å². The quantitative estimate of drug-likeness (QED) is 0.0845. The first kappa shape index (κ1) is 26.4. The molecule has 0 radical (unpaired) electrons. The fraction of sp³-hybridized carbons (Fsp3) is 0.143. The minimum absolute atomic E-state index is 0.0205. The molecule has 2 aromatic carbocycles. The molecule has 0 aromatic heterocycles. The number of nitrogens with one attached hydrogen (secondary N) is 1. The number of rotatable bonds is 5. The van der Waals surface area contributed by atoms with Gasteiger partial charge in [-0.2, -0.15) is 16.8 Å². The highest BCUT2D eigenvalue weighted by Crippen LogP contribution is 2.55. The standard InChI is InChI=1S/C21H17Cl2N5O8S2/c22-12-15-19(36-17-10(28-15)4-5-11(26-7-1-6-24)21(17)38(32,33)34)13(23)14-18(12)35-16-9(27-14)3-2-8(25)20(16)37(29,30)31/h2-5,27H,1,6-7,24-25H2,(H,29,30,31)(H,32,33,34). The largest absolute Gasteiger partial charge is 0.450 e. The van der Waals surface area contributed by atoms with Gasteiger partial charge in [0.1, 0.15) is 26.9 Å². The molecule has 7 N–H and O–H groups in total. The molecule has 0 bridgehead atoms. The summed E-state index contributed by atoms with van der Waals surface area (Å²) in [6.07, 6.45) is 0.474. The third kappa shape index (κ3) is 4.31. The Labute approximate surface area is 224 Å². The van der Waals surface area contributed by atoms with Gasteiger partial charge in [-0.25, -0.2) is 4.98 Å². The van der Waals surface area contributed by atoms with E-state index in [2.05, 4.69) is 15.3 Å². The summed E-state index contributed by atoms with van der Waals surface area (Å²) in [5.74, 6) is -0.810. The summed E-state index contributed by atoms with van der Waals surface area (Å²) in [5.41, 5.74) is 10.8. The van der Waals surface area contributed by atoms with Crippen molar-refractivity contribution >= 4 is 71.6 Å². The lowest BCUT2D eigenvalue weighted by Gasteiger charge is -2.26. The fourth-order valence-corrected chi connectivity index (χ4v) is 5.98. The predicted octanol–water partition coefficient (Wildman–Crippen LogP) is 3.41. The number of nitrogen functional groups attached to an aromatic ring is 1.